The highest BCUT2D eigenvalue weighted by Crippen LogP contribution is 2.26. The zero-order valence-corrected chi connectivity index (χ0v) is 15.8. The van der Waals surface area contributed by atoms with Crippen molar-refractivity contribution in [3.8, 4) is 0 Å². The second-order valence-corrected chi connectivity index (χ2v) is 7.19. The molecule has 1 fully saturated rings. The van der Waals surface area contributed by atoms with E-state index in [1.54, 1.807) is 12.5 Å². The van der Waals surface area contributed by atoms with E-state index in [9.17, 15) is 4.79 Å². The number of anilines is 1. The maximum atomic E-state index is 12.4. The van der Waals surface area contributed by atoms with Crippen LogP contribution < -0.4 is 5.32 Å². The molecule has 4 rings (SSSR count). The molecule has 0 saturated carbocycles. The molecule has 0 spiro atoms. The number of aromatic nitrogens is 3. The van der Waals surface area contributed by atoms with E-state index in [1.807, 2.05) is 47.1 Å². The second-order valence-electron chi connectivity index (χ2n) is 7.19. The molecule has 1 aromatic carbocycles. The first-order chi connectivity index (χ1) is 13.8. The molecule has 1 aliphatic rings. The zero-order chi connectivity index (χ0) is 19.2. The number of carbonyl (C=O) groups is 1. The maximum Gasteiger partial charge on any atom is 0.225 e. The van der Waals surface area contributed by atoms with Crippen molar-refractivity contribution in [2.45, 2.75) is 38.3 Å². The third-order valence-electron chi connectivity index (χ3n) is 5.20. The SMILES string of the molecule is O=C(CCc1ccccc1)Nc1ccnn1C1CCN(Cc2ccon2)CC1. The predicted octanol–water partition coefficient (Wildman–Crippen LogP) is 3.28. The van der Waals surface area contributed by atoms with E-state index in [0.717, 1.165) is 50.4 Å². The molecule has 0 radical (unpaired) electrons. The Morgan fingerprint density at radius 3 is 2.71 bits per heavy atom. The average molecular weight is 379 g/mol. The molecule has 28 heavy (non-hydrogen) atoms. The van der Waals surface area contributed by atoms with Crippen molar-refractivity contribution in [3.05, 3.63) is 66.2 Å². The molecule has 1 saturated heterocycles. The first-order valence-corrected chi connectivity index (χ1v) is 9.77. The van der Waals surface area contributed by atoms with Crippen LogP contribution >= 0.6 is 0 Å². The molecule has 3 heterocycles. The number of hydrogen-bond donors (Lipinski definition) is 1. The monoisotopic (exact) mass is 379 g/mol. The Kier molecular flexibility index (Phi) is 5.82. The summed E-state index contributed by atoms with van der Waals surface area (Å²) in [6.07, 6.45) is 6.55. The molecular weight excluding hydrogens is 354 g/mol. The third-order valence-corrected chi connectivity index (χ3v) is 5.20. The molecule has 0 aliphatic carbocycles. The van der Waals surface area contributed by atoms with Crippen LogP contribution in [0.2, 0.25) is 0 Å². The van der Waals surface area contributed by atoms with Crippen LogP contribution in [0.5, 0.6) is 0 Å². The maximum absolute atomic E-state index is 12.4. The minimum absolute atomic E-state index is 0.0223. The number of carbonyl (C=O) groups excluding carboxylic acids is 1. The van der Waals surface area contributed by atoms with Gasteiger partial charge < -0.3 is 9.84 Å². The first kappa shape index (κ1) is 18.4. The molecule has 1 N–H and O–H groups in total. The molecule has 0 unspecified atom stereocenters. The largest absolute Gasteiger partial charge is 0.364 e. The molecule has 1 aliphatic heterocycles. The number of amides is 1. The van der Waals surface area contributed by atoms with Gasteiger partial charge in [0, 0.05) is 38.2 Å². The number of nitrogens with one attached hydrogen (secondary N) is 1. The standard InChI is InChI=1S/C21H25N5O2/c27-21(7-6-17-4-2-1-3-5-17)23-20-8-12-22-26(20)19-9-13-25(14-10-19)16-18-11-15-28-24-18/h1-5,8,11-12,15,19H,6-7,9-10,13-14,16H2,(H,23,27). The van der Waals surface area contributed by atoms with E-state index in [4.69, 9.17) is 4.52 Å². The summed E-state index contributed by atoms with van der Waals surface area (Å²) in [5, 5.41) is 11.5. The zero-order valence-electron chi connectivity index (χ0n) is 15.8. The number of benzene rings is 1. The van der Waals surface area contributed by atoms with Gasteiger partial charge >= 0.3 is 0 Å². The molecule has 7 nitrogen and oxygen atoms in total. The van der Waals surface area contributed by atoms with Crippen molar-refractivity contribution in [1.29, 1.82) is 0 Å². The lowest BCUT2D eigenvalue weighted by atomic mass is 10.1. The fourth-order valence-corrected chi connectivity index (χ4v) is 3.68. The Hall–Kier alpha value is -2.93. The summed E-state index contributed by atoms with van der Waals surface area (Å²) >= 11 is 0. The highest BCUT2D eigenvalue weighted by Gasteiger charge is 2.23. The van der Waals surface area contributed by atoms with Crippen molar-refractivity contribution >= 4 is 11.7 Å². The van der Waals surface area contributed by atoms with Gasteiger partial charge in [-0.2, -0.15) is 5.10 Å². The topological polar surface area (TPSA) is 76.2 Å². The molecule has 7 heteroatoms. The van der Waals surface area contributed by atoms with Crippen LogP contribution in [0.4, 0.5) is 5.82 Å². The van der Waals surface area contributed by atoms with Crippen molar-refractivity contribution in [1.82, 2.24) is 19.8 Å². The minimum atomic E-state index is 0.0223. The van der Waals surface area contributed by atoms with Gasteiger partial charge in [-0.3, -0.25) is 9.69 Å². The van der Waals surface area contributed by atoms with Crippen LogP contribution in [0.15, 0.2) is 59.4 Å². The lowest BCUT2D eigenvalue weighted by Gasteiger charge is -2.32. The van der Waals surface area contributed by atoms with Gasteiger partial charge in [0.25, 0.3) is 0 Å². The van der Waals surface area contributed by atoms with E-state index in [1.165, 1.54) is 5.56 Å². The van der Waals surface area contributed by atoms with Crippen molar-refractivity contribution in [2.24, 2.45) is 0 Å². The van der Waals surface area contributed by atoms with E-state index >= 15 is 0 Å². The van der Waals surface area contributed by atoms with Crippen molar-refractivity contribution in [3.63, 3.8) is 0 Å². The van der Waals surface area contributed by atoms with E-state index in [-0.39, 0.29) is 5.91 Å². The van der Waals surface area contributed by atoms with Crippen LogP contribution in [0.1, 0.15) is 36.6 Å². The normalized spacial score (nSPS) is 15.6. The van der Waals surface area contributed by atoms with Gasteiger partial charge in [-0.15, -0.1) is 0 Å². The number of likely N-dealkylation sites (tertiary alicyclic amines) is 1. The summed E-state index contributed by atoms with van der Waals surface area (Å²) in [7, 11) is 0. The van der Waals surface area contributed by atoms with Gasteiger partial charge in [0.15, 0.2) is 0 Å². The summed E-state index contributed by atoms with van der Waals surface area (Å²) < 4.78 is 6.87. The van der Waals surface area contributed by atoms with Crippen LogP contribution in [-0.4, -0.2) is 38.8 Å². The Morgan fingerprint density at radius 2 is 1.96 bits per heavy atom. The Bertz CT molecular complexity index is 867. The van der Waals surface area contributed by atoms with Gasteiger partial charge in [0.05, 0.1) is 17.9 Å². The molecule has 0 bridgehead atoms. The quantitative estimate of drug-likeness (QED) is 0.682. The van der Waals surface area contributed by atoms with E-state index in [2.05, 4.69) is 20.5 Å². The van der Waals surface area contributed by atoms with Crippen molar-refractivity contribution < 1.29 is 9.32 Å². The van der Waals surface area contributed by atoms with Crippen molar-refractivity contribution in [2.75, 3.05) is 18.4 Å². The Balaban J connectivity index is 1.28. The summed E-state index contributed by atoms with van der Waals surface area (Å²) in [6, 6.07) is 14.2. The van der Waals surface area contributed by atoms with E-state index < -0.39 is 0 Å². The van der Waals surface area contributed by atoms with Gasteiger partial charge in [-0.05, 0) is 24.8 Å². The number of piperidine rings is 1. The third kappa shape index (κ3) is 4.67. The average Bonchev–Trinajstić information content (AvgIpc) is 3.40. The summed E-state index contributed by atoms with van der Waals surface area (Å²) in [5.41, 5.74) is 2.13. The fraction of sp³-hybridized carbons (Fsp3) is 0.381. The number of rotatable bonds is 7. The molecule has 3 aromatic rings. The van der Waals surface area contributed by atoms with Gasteiger partial charge in [0.2, 0.25) is 5.91 Å². The molecule has 2 aromatic heterocycles. The second kappa shape index (κ2) is 8.84. The molecule has 1 amide bonds. The summed E-state index contributed by atoms with van der Waals surface area (Å²) in [6.45, 7) is 2.75. The number of aryl methyl sites for hydroxylation is 1. The smallest absolute Gasteiger partial charge is 0.225 e. The molecule has 146 valence electrons. The summed E-state index contributed by atoms with van der Waals surface area (Å²) in [5.74, 6) is 0.807. The van der Waals surface area contributed by atoms with Gasteiger partial charge in [-0.25, -0.2) is 4.68 Å². The highest BCUT2D eigenvalue weighted by molar-refractivity contribution is 5.89. The van der Waals surface area contributed by atoms with Crippen LogP contribution in [0.25, 0.3) is 0 Å². The Labute approximate surface area is 164 Å². The van der Waals surface area contributed by atoms with Gasteiger partial charge in [-0.1, -0.05) is 35.5 Å². The summed E-state index contributed by atoms with van der Waals surface area (Å²) in [4.78, 5) is 14.7. The van der Waals surface area contributed by atoms with Crippen LogP contribution in [0.3, 0.4) is 0 Å². The van der Waals surface area contributed by atoms with Crippen LogP contribution in [-0.2, 0) is 17.8 Å². The lowest BCUT2D eigenvalue weighted by Crippen LogP contribution is -2.35. The molecular formula is C21H25N5O2. The fourth-order valence-electron chi connectivity index (χ4n) is 3.68. The minimum Gasteiger partial charge on any atom is -0.364 e. The number of nitrogens with zero attached hydrogens (tertiary/aromatic N) is 4. The Morgan fingerprint density at radius 1 is 1.14 bits per heavy atom. The highest BCUT2D eigenvalue weighted by atomic mass is 16.5. The molecule has 0 atom stereocenters. The van der Waals surface area contributed by atoms with Gasteiger partial charge in [0.1, 0.15) is 12.1 Å². The number of hydrogen-bond acceptors (Lipinski definition) is 5. The van der Waals surface area contributed by atoms with Crippen LogP contribution in [0, 0.1) is 0 Å². The van der Waals surface area contributed by atoms with E-state index in [0.29, 0.717) is 12.5 Å². The first-order valence-electron chi connectivity index (χ1n) is 9.77. The lowest BCUT2D eigenvalue weighted by molar-refractivity contribution is -0.116. The predicted molar refractivity (Wildman–Crippen MR) is 106 cm³/mol.